The standard InChI is InChI=1S/C11H15NS/c1-2-10(1)12-6-9-5-11(9)8-3-4-13-7-8/h3-4,7,9-12H,1-2,5-6H2. The van der Waals surface area contributed by atoms with Gasteiger partial charge in [-0.15, -0.1) is 0 Å². The Balaban J connectivity index is 1.49. The Hall–Kier alpha value is -0.340. The van der Waals surface area contributed by atoms with Crippen LogP contribution >= 0.6 is 11.3 Å². The molecule has 1 heterocycles. The Morgan fingerprint density at radius 3 is 3.08 bits per heavy atom. The molecule has 0 saturated heterocycles. The quantitative estimate of drug-likeness (QED) is 0.775. The van der Waals surface area contributed by atoms with Gasteiger partial charge in [0, 0.05) is 6.04 Å². The molecule has 2 atom stereocenters. The summed E-state index contributed by atoms with van der Waals surface area (Å²) in [4.78, 5) is 0. The van der Waals surface area contributed by atoms with Gasteiger partial charge >= 0.3 is 0 Å². The summed E-state index contributed by atoms with van der Waals surface area (Å²) in [5.41, 5.74) is 1.58. The van der Waals surface area contributed by atoms with Crippen LogP contribution < -0.4 is 5.32 Å². The molecule has 0 aliphatic heterocycles. The first-order valence-electron chi connectivity index (χ1n) is 5.19. The summed E-state index contributed by atoms with van der Waals surface area (Å²) in [7, 11) is 0. The number of hydrogen-bond donors (Lipinski definition) is 1. The highest BCUT2D eigenvalue weighted by atomic mass is 32.1. The van der Waals surface area contributed by atoms with E-state index in [-0.39, 0.29) is 0 Å². The molecule has 3 rings (SSSR count). The first-order valence-corrected chi connectivity index (χ1v) is 6.13. The van der Waals surface area contributed by atoms with Crippen molar-refractivity contribution < 1.29 is 0 Å². The highest BCUT2D eigenvalue weighted by molar-refractivity contribution is 7.08. The normalized spacial score (nSPS) is 32.0. The Morgan fingerprint density at radius 2 is 2.38 bits per heavy atom. The van der Waals surface area contributed by atoms with Gasteiger partial charge in [-0.3, -0.25) is 0 Å². The van der Waals surface area contributed by atoms with Crippen molar-refractivity contribution in [3.05, 3.63) is 22.4 Å². The number of nitrogens with one attached hydrogen (secondary N) is 1. The van der Waals surface area contributed by atoms with Gasteiger partial charge in [0.1, 0.15) is 0 Å². The molecular weight excluding hydrogens is 178 g/mol. The molecule has 0 aromatic carbocycles. The molecule has 13 heavy (non-hydrogen) atoms. The summed E-state index contributed by atoms with van der Waals surface area (Å²) in [6.45, 7) is 1.26. The van der Waals surface area contributed by atoms with E-state index >= 15 is 0 Å². The number of thiophene rings is 1. The topological polar surface area (TPSA) is 12.0 Å². The first kappa shape index (κ1) is 8.01. The zero-order valence-electron chi connectivity index (χ0n) is 7.70. The summed E-state index contributed by atoms with van der Waals surface area (Å²) in [5, 5.41) is 8.11. The van der Waals surface area contributed by atoms with Gasteiger partial charge in [-0.1, -0.05) is 0 Å². The molecule has 1 N–H and O–H groups in total. The van der Waals surface area contributed by atoms with Crippen LogP contribution in [0, 0.1) is 5.92 Å². The molecule has 2 heteroatoms. The van der Waals surface area contributed by atoms with Crippen LogP contribution in [0.5, 0.6) is 0 Å². The second kappa shape index (κ2) is 3.10. The minimum Gasteiger partial charge on any atom is -0.314 e. The first-order chi connectivity index (χ1) is 6.43. The van der Waals surface area contributed by atoms with E-state index in [1.165, 1.54) is 25.8 Å². The van der Waals surface area contributed by atoms with Gasteiger partial charge < -0.3 is 5.32 Å². The summed E-state index contributed by atoms with van der Waals surface area (Å²) >= 11 is 1.83. The zero-order valence-corrected chi connectivity index (χ0v) is 8.52. The van der Waals surface area contributed by atoms with E-state index < -0.39 is 0 Å². The van der Waals surface area contributed by atoms with Gasteiger partial charge in [0.2, 0.25) is 0 Å². The molecule has 2 unspecified atom stereocenters. The van der Waals surface area contributed by atoms with Gasteiger partial charge in [-0.2, -0.15) is 11.3 Å². The minimum absolute atomic E-state index is 0.878. The van der Waals surface area contributed by atoms with E-state index in [1.807, 2.05) is 11.3 Å². The second-order valence-corrected chi connectivity index (χ2v) is 5.12. The fraction of sp³-hybridized carbons (Fsp3) is 0.636. The molecule has 0 bridgehead atoms. The van der Waals surface area contributed by atoms with E-state index in [4.69, 9.17) is 0 Å². The van der Waals surface area contributed by atoms with Crippen LogP contribution in [0.2, 0.25) is 0 Å². The smallest absolute Gasteiger partial charge is 0.00683 e. The predicted octanol–water partition coefficient (Wildman–Crippen LogP) is 2.60. The lowest BCUT2D eigenvalue weighted by atomic mass is 10.2. The third kappa shape index (κ3) is 1.79. The Morgan fingerprint density at radius 1 is 1.46 bits per heavy atom. The van der Waals surface area contributed by atoms with E-state index in [1.54, 1.807) is 5.56 Å². The lowest BCUT2D eigenvalue weighted by molar-refractivity contribution is 0.624. The van der Waals surface area contributed by atoms with Gasteiger partial charge in [0.15, 0.2) is 0 Å². The van der Waals surface area contributed by atoms with Crippen LogP contribution in [0.4, 0.5) is 0 Å². The summed E-state index contributed by atoms with van der Waals surface area (Å²) in [6, 6.07) is 3.16. The van der Waals surface area contributed by atoms with Crippen LogP contribution in [-0.4, -0.2) is 12.6 Å². The van der Waals surface area contributed by atoms with Crippen molar-refractivity contribution in [2.24, 2.45) is 5.92 Å². The van der Waals surface area contributed by atoms with Gasteiger partial charge in [0.25, 0.3) is 0 Å². The Bertz CT molecular complexity index is 276. The van der Waals surface area contributed by atoms with Gasteiger partial charge in [0.05, 0.1) is 0 Å². The average molecular weight is 193 g/mol. The van der Waals surface area contributed by atoms with Crippen molar-refractivity contribution >= 4 is 11.3 Å². The molecule has 0 radical (unpaired) electrons. The highest BCUT2D eigenvalue weighted by Crippen LogP contribution is 2.47. The summed E-state index contributed by atoms with van der Waals surface area (Å²) in [6.07, 6.45) is 4.24. The SMILES string of the molecule is c1cc(C2CC2CNC2CC2)cs1. The van der Waals surface area contributed by atoms with E-state index in [2.05, 4.69) is 22.1 Å². The lowest BCUT2D eigenvalue weighted by Gasteiger charge is -2.00. The predicted molar refractivity (Wildman–Crippen MR) is 56.2 cm³/mol. The van der Waals surface area contributed by atoms with Crippen molar-refractivity contribution in [2.45, 2.75) is 31.2 Å². The maximum absolute atomic E-state index is 3.61. The highest BCUT2D eigenvalue weighted by Gasteiger charge is 2.38. The molecule has 1 nitrogen and oxygen atoms in total. The van der Waals surface area contributed by atoms with Gasteiger partial charge in [-0.25, -0.2) is 0 Å². The third-order valence-corrected chi connectivity index (χ3v) is 3.84. The average Bonchev–Trinajstić information content (AvgIpc) is 3.04. The molecule has 2 saturated carbocycles. The third-order valence-electron chi connectivity index (χ3n) is 3.14. The van der Waals surface area contributed by atoms with Gasteiger partial charge in [-0.05, 0) is 60.0 Å². The minimum atomic E-state index is 0.878. The maximum atomic E-state index is 3.61. The molecular formula is C11H15NS. The van der Waals surface area contributed by atoms with Crippen LogP contribution in [0.25, 0.3) is 0 Å². The van der Waals surface area contributed by atoms with Crippen molar-refractivity contribution in [3.8, 4) is 0 Å². The number of hydrogen-bond acceptors (Lipinski definition) is 2. The molecule has 0 spiro atoms. The van der Waals surface area contributed by atoms with Crippen LogP contribution in [0.15, 0.2) is 16.8 Å². The van der Waals surface area contributed by atoms with Crippen LogP contribution in [0.1, 0.15) is 30.7 Å². The second-order valence-electron chi connectivity index (χ2n) is 4.34. The Kier molecular flexibility index (Phi) is 1.91. The van der Waals surface area contributed by atoms with Crippen molar-refractivity contribution in [3.63, 3.8) is 0 Å². The summed E-state index contributed by atoms with van der Waals surface area (Å²) in [5.74, 6) is 1.83. The maximum Gasteiger partial charge on any atom is 0.00683 e. The lowest BCUT2D eigenvalue weighted by Crippen LogP contribution is -2.19. The molecule has 0 amide bonds. The van der Waals surface area contributed by atoms with E-state index in [0.717, 1.165) is 17.9 Å². The monoisotopic (exact) mass is 193 g/mol. The fourth-order valence-electron chi connectivity index (χ4n) is 1.97. The molecule has 70 valence electrons. The molecule has 2 aliphatic rings. The molecule has 2 aliphatic carbocycles. The molecule has 2 fully saturated rings. The van der Waals surface area contributed by atoms with Crippen molar-refractivity contribution in [1.82, 2.24) is 5.32 Å². The zero-order chi connectivity index (χ0) is 8.67. The largest absolute Gasteiger partial charge is 0.314 e. The van der Waals surface area contributed by atoms with Crippen molar-refractivity contribution in [2.75, 3.05) is 6.54 Å². The van der Waals surface area contributed by atoms with E-state index in [0.29, 0.717) is 0 Å². The van der Waals surface area contributed by atoms with Crippen molar-refractivity contribution in [1.29, 1.82) is 0 Å². The molecule has 1 aromatic rings. The molecule has 1 aromatic heterocycles. The van der Waals surface area contributed by atoms with Crippen LogP contribution in [-0.2, 0) is 0 Å². The number of rotatable bonds is 4. The summed E-state index contributed by atoms with van der Waals surface area (Å²) < 4.78 is 0. The fourth-order valence-corrected chi connectivity index (χ4v) is 2.70. The Labute approximate surface area is 83.2 Å². The van der Waals surface area contributed by atoms with E-state index in [9.17, 15) is 0 Å². The van der Waals surface area contributed by atoms with Crippen LogP contribution in [0.3, 0.4) is 0 Å².